The third kappa shape index (κ3) is 6.10. The van der Waals surface area contributed by atoms with Gasteiger partial charge in [0.05, 0.1) is 31.5 Å². The highest BCUT2D eigenvalue weighted by molar-refractivity contribution is 7.11. The van der Waals surface area contributed by atoms with Gasteiger partial charge in [-0.2, -0.15) is 0 Å². The van der Waals surface area contributed by atoms with E-state index in [0.29, 0.717) is 6.54 Å². The van der Waals surface area contributed by atoms with E-state index in [2.05, 4.69) is 17.6 Å². The predicted octanol–water partition coefficient (Wildman–Crippen LogP) is 3.73. The van der Waals surface area contributed by atoms with Gasteiger partial charge in [0.2, 0.25) is 0 Å². The average Bonchev–Trinajstić information content (AvgIpc) is 3.17. The molecule has 29 heavy (non-hydrogen) atoms. The maximum absolute atomic E-state index is 5.37. The summed E-state index contributed by atoms with van der Waals surface area (Å²) in [6.45, 7) is 4.36. The van der Waals surface area contributed by atoms with Crippen molar-refractivity contribution < 1.29 is 9.47 Å². The first-order valence-corrected chi connectivity index (χ1v) is 11.3. The number of thiazole rings is 1. The van der Waals surface area contributed by atoms with Crippen LogP contribution in [0.15, 0.2) is 23.2 Å². The standard InChI is InChI=1S/C22H32N4O2S/c1-4-23-22(25-15-16-11-12-18(27-2)19(14-16)28-3)24-13-7-10-21-26-17-8-5-6-9-20(17)29-21/h11-12,14H,4-10,13,15H2,1-3H3,(H2,23,24,25). The minimum atomic E-state index is 0.578. The molecule has 2 N–H and O–H groups in total. The highest BCUT2D eigenvalue weighted by Crippen LogP contribution is 2.28. The van der Waals surface area contributed by atoms with Gasteiger partial charge in [-0.25, -0.2) is 9.98 Å². The van der Waals surface area contributed by atoms with Crippen molar-refractivity contribution in [3.8, 4) is 11.5 Å². The molecule has 0 unspecified atom stereocenters. The van der Waals surface area contributed by atoms with E-state index in [9.17, 15) is 0 Å². The fraction of sp³-hybridized carbons (Fsp3) is 0.545. The molecular formula is C22H32N4O2S. The third-order valence-corrected chi connectivity index (χ3v) is 6.18. The molecule has 0 saturated carbocycles. The molecule has 2 aromatic rings. The maximum atomic E-state index is 5.37. The van der Waals surface area contributed by atoms with Crippen LogP contribution in [0.5, 0.6) is 11.5 Å². The van der Waals surface area contributed by atoms with Crippen molar-refractivity contribution >= 4 is 17.3 Å². The first-order chi connectivity index (χ1) is 14.2. The zero-order chi connectivity index (χ0) is 20.5. The van der Waals surface area contributed by atoms with Gasteiger partial charge < -0.3 is 20.1 Å². The topological polar surface area (TPSA) is 67.8 Å². The average molecular weight is 417 g/mol. The number of aromatic nitrogens is 1. The number of rotatable bonds is 9. The molecule has 0 radical (unpaired) electrons. The molecule has 3 rings (SSSR count). The van der Waals surface area contributed by atoms with Gasteiger partial charge in [0, 0.05) is 24.4 Å². The van der Waals surface area contributed by atoms with E-state index < -0.39 is 0 Å². The Morgan fingerprint density at radius 1 is 1.14 bits per heavy atom. The number of benzene rings is 1. The van der Waals surface area contributed by atoms with Crippen LogP contribution in [0.2, 0.25) is 0 Å². The molecule has 7 heteroatoms. The van der Waals surface area contributed by atoms with Crippen molar-refractivity contribution in [3.63, 3.8) is 0 Å². The molecule has 0 atom stereocenters. The van der Waals surface area contributed by atoms with E-state index in [1.165, 1.54) is 34.8 Å². The van der Waals surface area contributed by atoms with Crippen LogP contribution in [0.1, 0.15) is 47.3 Å². The molecule has 1 aliphatic carbocycles. The molecular weight excluding hydrogens is 384 g/mol. The maximum Gasteiger partial charge on any atom is 0.191 e. The summed E-state index contributed by atoms with van der Waals surface area (Å²) in [5.41, 5.74) is 2.43. The lowest BCUT2D eigenvalue weighted by atomic mass is 10.0. The zero-order valence-electron chi connectivity index (χ0n) is 17.7. The minimum absolute atomic E-state index is 0.578. The summed E-state index contributed by atoms with van der Waals surface area (Å²) >= 11 is 1.91. The van der Waals surface area contributed by atoms with Gasteiger partial charge in [-0.3, -0.25) is 0 Å². The fourth-order valence-corrected chi connectivity index (χ4v) is 4.65. The summed E-state index contributed by atoms with van der Waals surface area (Å²) in [5.74, 6) is 2.29. The Morgan fingerprint density at radius 2 is 1.97 bits per heavy atom. The number of aliphatic imine (C=N–C) groups is 1. The second kappa shape index (κ2) is 11.0. The van der Waals surface area contributed by atoms with E-state index >= 15 is 0 Å². The number of guanidine groups is 1. The molecule has 6 nitrogen and oxygen atoms in total. The number of hydrogen-bond donors (Lipinski definition) is 2. The van der Waals surface area contributed by atoms with Gasteiger partial charge in [0.25, 0.3) is 0 Å². The summed E-state index contributed by atoms with van der Waals surface area (Å²) in [5, 5.41) is 8.03. The van der Waals surface area contributed by atoms with E-state index in [1.54, 1.807) is 14.2 Å². The second-order valence-electron chi connectivity index (χ2n) is 7.10. The number of aryl methyl sites for hydroxylation is 3. The third-order valence-electron chi connectivity index (χ3n) is 4.96. The van der Waals surface area contributed by atoms with Crippen LogP contribution >= 0.6 is 11.3 Å². The Hall–Kier alpha value is -2.28. The number of ether oxygens (including phenoxy) is 2. The van der Waals surface area contributed by atoms with Crippen LogP contribution in [0.3, 0.4) is 0 Å². The molecule has 1 aliphatic rings. The molecule has 0 bridgehead atoms. The normalized spacial score (nSPS) is 13.7. The fourth-order valence-electron chi connectivity index (χ4n) is 3.45. The van der Waals surface area contributed by atoms with Crippen molar-refractivity contribution in [1.82, 2.24) is 15.6 Å². The second-order valence-corrected chi connectivity index (χ2v) is 8.27. The Kier molecular flexibility index (Phi) is 8.16. The van der Waals surface area contributed by atoms with E-state index in [1.807, 2.05) is 29.5 Å². The summed E-state index contributed by atoms with van der Waals surface area (Å²) in [6.07, 6.45) is 7.07. The van der Waals surface area contributed by atoms with E-state index in [0.717, 1.165) is 55.4 Å². The SMILES string of the molecule is CCNC(=NCc1ccc(OC)c(OC)c1)NCCCc1nc2c(s1)CCCC2. The van der Waals surface area contributed by atoms with Crippen molar-refractivity contribution in [2.75, 3.05) is 27.3 Å². The summed E-state index contributed by atoms with van der Waals surface area (Å²) in [6, 6.07) is 5.90. The van der Waals surface area contributed by atoms with Crippen LogP contribution in [-0.2, 0) is 25.8 Å². The monoisotopic (exact) mass is 416 g/mol. The lowest BCUT2D eigenvalue weighted by molar-refractivity contribution is 0.354. The Balaban J connectivity index is 1.49. The highest BCUT2D eigenvalue weighted by Gasteiger charge is 2.14. The molecule has 0 aliphatic heterocycles. The van der Waals surface area contributed by atoms with Gasteiger partial charge in [0.15, 0.2) is 17.5 Å². The lowest BCUT2D eigenvalue weighted by Crippen LogP contribution is -2.37. The van der Waals surface area contributed by atoms with Crippen LogP contribution in [0, 0.1) is 0 Å². The first-order valence-electron chi connectivity index (χ1n) is 10.4. The number of hydrogen-bond acceptors (Lipinski definition) is 5. The van der Waals surface area contributed by atoms with Gasteiger partial charge in [-0.15, -0.1) is 11.3 Å². The minimum Gasteiger partial charge on any atom is -0.493 e. The van der Waals surface area contributed by atoms with Gasteiger partial charge in [-0.1, -0.05) is 6.07 Å². The van der Waals surface area contributed by atoms with Crippen molar-refractivity contribution in [3.05, 3.63) is 39.3 Å². The van der Waals surface area contributed by atoms with Gasteiger partial charge in [-0.05, 0) is 56.7 Å². The largest absolute Gasteiger partial charge is 0.493 e. The summed E-state index contributed by atoms with van der Waals surface area (Å²) in [7, 11) is 3.29. The lowest BCUT2D eigenvalue weighted by Gasteiger charge is -2.12. The van der Waals surface area contributed by atoms with Gasteiger partial charge in [0.1, 0.15) is 0 Å². The molecule has 0 saturated heterocycles. The number of nitrogens with zero attached hydrogens (tertiary/aromatic N) is 2. The van der Waals surface area contributed by atoms with E-state index in [4.69, 9.17) is 19.5 Å². The van der Waals surface area contributed by atoms with Crippen LogP contribution in [0.4, 0.5) is 0 Å². The van der Waals surface area contributed by atoms with Crippen LogP contribution in [-0.4, -0.2) is 38.3 Å². The smallest absolute Gasteiger partial charge is 0.191 e. The van der Waals surface area contributed by atoms with Crippen LogP contribution in [0.25, 0.3) is 0 Å². The Labute approximate surface area is 177 Å². The van der Waals surface area contributed by atoms with Crippen LogP contribution < -0.4 is 20.1 Å². The number of nitrogens with one attached hydrogen (secondary N) is 2. The Morgan fingerprint density at radius 3 is 2.72 bits per heavy atom. The quantitative estimate of drug-likeness (QED) is 0.370. The molecule has 158 valence electrons. The Bertz CT molecular complexity index is 796. The molecule has 1 aromatic carbocycles. The molecule has 0 fully saturated rings. The number of fused-ring (bicyclic) bond motifs is 1. The summed E-state index contributed by atoms with van der Waals surface area (Å²) < 4.78 is 10.7. The van der Waals surface area contributed by atoms with Crippen molar-refractivity contribution in [2.45, 2.75) is 52.0 Å². The predicted molar refractivity (Wildman–Crippen MR) is 119 cm³/mol. The van der Waals surface area contributed by atoms with Crippen molar-refractivity contribution in [2.24, 2.45) is 4.99 Å². The summed E-state index contributed by atoms with van der Waals surface area (Å²) in [4.78, 5) is 11.0. The number of methoxy groups -OCH3 is 2. The zero-order valence-corrected chi connectivity index (χ0v) is 18.5. The molecule has 1 heterocycles. The molecule has 0 amide bonds. The van der Waals surface area contributed by atoms with E-state index in [-0.39, 0.29) is 0 Å². The highest BCUT2D eigenvalue weighted by atomic mass is 32.1. The first kappa shape index (κ1) is 21.4. The van der Waals surface area contributed by atoms with Gasteiger partial charge >= 0.3 is 0 Å². The molecule has 1 aromatic heterocycles. The van der Waals surface area contributed by atoms with Crippen molar-refractivity contribution in [1.29, 1.82) is 0 Å². The molecule has 0 spiro atoms.